The molecule has 0 fully saturated rings. The highest BCUT2D eigenvalue weighted by Crippen LogP contribution is 2.23. The van der Waals surface area contributed by atoms with Crippen molar-refractivity contribution >= 4 is 11.6 Å². The smallest absolute Gasteiger partial charge is 0.131 e. The van der Waals surface area contributed by atoms with Gasteiger partial charge in [-0.2, -0.15) is 0 Å². The second-order valence-electron chi connectivity index (χ2n) is 5.30. The van der Waals surface area contributed by atoms with Crippen LogP contribution in [0.5, 0.6) is 0 Å². The highest BCUT2D eigenvalue weighted by molar-refractivity contribution is 6.30. The number of aryl methyl sites for hydroxylation is 2. The van der Waals surface area contributed by atoms with Gasteiger partial charge < -0.3 is 0 Å². The van der Waals surface area contributed by atoms with Crippen molar-refractivity contribution in [3.05, 3.63) is 94.8 Å². The summed E-state index contributed by atoms with van der Waals surface area (Å²) in [4.78, 5) is 0. The summed E-state index contributed by atoms with van der Waals surface area (Å²) < 4.78 is 13.8. The van der Waals surface area contributed by atoms with Gasteiger partial charge in [0.25, 0.3) is 0 Å². The molecule has 3 aromatic rings. The monoisotopic (exact) mass is 310 g/mol. The fourth-order valence-corrected chi connectivity index (χ4v) is 2.61. The molecule has 0 radical (unpaired) electrons. The van der Waals surface area contributed by atoms with E-state index in [1.807, 2.05) is 30.3 Å². The van der Waals surface area contributed by atoms with E-state index in [0.29, 0.717) is 5.56 Å². The van der Waals surface area contributed by atoms with Crippen LogP contribution in [0.4, 0.5) is 4.39 Å². The largest absolute Gasteiger partial charge is 0.206 e. The number of hydrogen-bond acceptors (Lipinski definition) is 0. The zero-order valence-electron chi connectivity index (χ0n) is 12.1. The minimum Gasteiger partial charge on any atom is -0.206 e. The third-order valence-electron chi connectivity index (χ3n) is 3.75. The maximum atomic E-state index is 13.8. The van der Waals surface area contributed by atoms with Crippen LogP contribution in [0.1, 0.15) is 11.1 Å². The summed E-state index contributed by atoms with van der Waals surface area (Å²) in [6.45, 7) is 0. The fourth-order valence-electron chi connectivity index (χ4n) is 2.49. The highest BCUT2D eigenvalue weighted by Gasteiger charge is 2.04. The molecule has 2 heteroatoms. The lowest BCUT2D eigenvalue weighted by Gasteiger charge is -2.06. The maximum Gasteiger partial charge on any atom is 0.131 e. The van der Waals surface area contributed by atoms with E-state index < -0.39 is 0 Å². The van der Waals surface area contributed by atoms with Crippen molar-refractivity contribution in [2.45, 2.75) is 12.8 Å². The first kappa shape index (κ1) is 14.8. The Labute approximate surface area is 135 Å². The number of rotatable bonds is 4. The van der Waals surface area contributed by atoms with E-state index in [9.17, 15) is 4.39 Å². The molecule has 0 N–H and O–H groups in total. The Morgan fingerprint density at radius 3 is 1.82 bits per heavy atom. The van der Waals surface area contributed by atoms with Crippen LogP contribution in [-0.4, -0.2) is 0 Å². The van der Waals surface area contributed by atoms with Crippen molar-refractivity contribution in [3.8, 4) is 11.1 Å². The van der Waals surface area contributed by atoms with Crippen LogP contribution in [-0.2, 0) is 12.8 Å². The van der Waals surface area contributed by atoms with E-state index in [1.165, 1.54) is 17.2 Å². The molecule has 0 saturated heterocycles. The maximum absolute atomic E-state index is 13.8. The Hall–Kier alpha value is -2.12. The Bertz CT molecular complexity index is 745. The van der Waals surface area contributed by atoms with E-state index in [-0.39, 0.29) is 5.82 Å². The lowest BCUT2D eigenvalue weighted by Crippen LogP contribution is -1.91. The SMILES string of the molecule is Fc1ccccc1-c1ccc(CCc2ccc(Cl)cc2)cc1. The van der Waals surface area contributed by atoms with Crippen molar-refractivity contribution in [2.24, 2.45) is 0 Å². The van der Waals surface area contributed by atoms with Gasteiger partial charge in [0.2, 0.25) is 0 Å². The zero-order valence-corrected chi connectivity index (χ0v) is 12.9. The Morgan fingerprint density at radius 1 is 0.682 bits per heavy atom. The molecule has 0 aromatic heterocycles. The number of hydrogen-bond donors (Lipinski definition) is 0. The van der Waals surface area contributed by atoms with Crippen LogP contribution in [0.15, 0.2) is 72.8 Å². The lowest BCUT2D eigenvalue weighted by atomic mass is 10.00. The van der Waals surface area contributed by atoms with Crippen LogP contribution in [0.2, 0.25) is 5.02 Å². The van der Waals surface area contributed by atoms with Crippen LogP contribution < -0.4 is 0 Å². The predicted octanol–water partition coefficient (Wildman–Crippen LogP) is 5.93. The normalized spacial score (nSPS) is 10.6. The Balaban J connectivity index is 1.69. The Morgan fingerprint density at radius 2 is 1.23 bits per heavy atom. The van der Waals surface area contributed by atoms with Gasteiger partial charge in [0.15, 0.2) is 0 Å². The molecule has 0 aliphatic heterocycles. The van der Waals surface area contributed by atoms with Gasteiger partial charge in [-0.15, -0.1) is 0 Å². The lowest BCUT2D eigenvalue weighted by molar-refractivity contribution is 0.631. The molecule has 0 unspecified atom stereocenters. The van der Waals surface area contributed by atoms with Crippen molar-refractivity contribution in [1.29, 1.82) is 0 Å². The van der Waals surface area contributed by atoms with Gasteiger partial charge in [0, 0.05) is 10.6 Å². The van der Waals surface area contributed by atoms with E-state index in [2.05, 4.69) is 24.3 Å². The van der Waals surface area contributed by atoms with Gasteiger partial charge in [-0.3, -0.25) is 0 Å². The molecular weight excluding hydrogens is 295 g/mol. The van der Waals surface area contributed by atoms with Crippen LogP contribution in [0, 0.1) is 5.82 Å². The summed E-state index contributed by atoms with van der Waals surface area (Å²) in [6, 6.07) is 22.9. The molecule has 3 rings (SSSR count). The van der Waals surface area contributed by atoms with E-state index in [4.69, 9.17) is 11.6 Å². The summed E-state index contributed by atoms with van der Waals surface area (Å²) in [7, 11) is 0. The average molecular weight is 311 g/mol. The molecule has 110 valence electrons. The van der Waals surface area contributed by atoms with Gasteiger partial charge in [-0.25, -0.2) is 4.39 Å². The summed E-state index contributed by atoms with van der Waals surface area (Å²) >= 11 is 5.89. The molecular formula is C20H16ClF. The van der Waals surface area contributed by atoms with Gasteiger partial charge in [0.1, 0.15) is 5.82 Å². The zero-order chi connectivity index (χ0) is 15.4. The van der Waals surface area contributed by atoms with Gasteiger partial charge in [-0.05, 0) is 47.7 Å². The minimum absolute atomic E-state index is 0.184. The van der Waals surface area contributed by atoms with Crippen LogP contribution in [0.3, 0.4) is 0 Å². The predicted molar refractivity (Wildman–Crippen MR) is 90.7 cm³/mol. The molecule has 3 aromatic carbocycles. The molecule has 0 aliphatic rings. The summed E-state index contributed by atoms with van der Waals surface area (Å²) in [6.07, 6.45) is 1.93. The molecule has 0 bridgehead atoms. The van der Waals surface area contributed by atoms with E-state index in [0.717, 1.165) is 23.4 Å². The Kier molecular flexibility index (Phi) is 4.55. The topological polar surface area (TPSA) is 0 Å². The molecule has 22 heavy (non-hydrogen) atoms. The first-order valence-electron chi connectivity index (χ1n) is 7.31. The fraction of sp³-hybridized carbons (Fsp3) is 0.100. The summed E-state index contributed by atoms with van der Waals surface area (Å²) in [5.74, 6) is -0.184. The van der Waals surface area contributed by atoms with Crippen LogP contribution in [0.25, 0.3) is 11.1 Å². The second-order valence-corrected chi connectivity index (χ2v) is 5.74. The quantitative estimate of drug-likeness (QED) is 0.560. The van der Waals surface area contributed by atoms with Gasteiger partial charge in [-0.1, -0.05) is 66.2 Å². The molecule has 0 amide bonds. The highest BCUT2D eigenvalue weighted by atomic mass is 35.5. The minimum atomic E-state index is -0.184. The first-order valence-corrected chi connectivity index (χ1v) is 7.68. The van der Waals surface area contributed by atoms with E-state index >= 15 is 0 Å². The third-order valence-corrected chi connectivity index (χ3v) is 4.01. The second kappa shape index (κ2) is 6.76. The summed E-state index contributed by atoms with van der Waals surface area (Å²) in [5.41, 5.74) is 4.07. The molecule has 0 saturated carbocycles. The van der Waals surface area contributed by atoms with Crippen molar-refractivity contribution < 1.29 is 4.39 Å². The van der Waals surface area contributed by atoms with Crippen molar-refractivity contribution in [2.75, 3.05) is 0 Å². The molecule has 0 spiro atoms. The molecule has 0 heterocycles. The van der Waals surface area contributed by atoms with Gasteiger partial charge >= 0.3 is 0 Å². The molecule has 0 atom stereocenters. The standard InChI is InChI=1S/C20H16ClF/c21-18-13-9-16(10-14-18)6-5-15-7-11-17(12-8-15)19-3-1-2-4-20(19)22/h1-4,7-14H,5-6H2. The number of benzene rings is 3. The average Bonchev–Trinajstić information content (AvgIpc) is 2.55. The number of halogens is 2. The van der Waals surface area contributed by atoms with Crippen molar-refractivity contribution in [1.82, 2.24) is 0 Å². The molecule has 0 nitrogen and oxygen atoms in total. The van der Waals surface area contributed by atoms with E-state index in [1.54, 1.807) is 12.1 Å². The third kappa shape index (κ3) is 3.55. The van der Waals surface area contributed by atoms with Gasteiger partial charge in [0.05, 0.1) is 0 Å². The van der Waals surface area contributed by atoms with Crippen LogP contribution >= 0.6 is 11.6 Å². The molecule has 0 aliphatic carbocycles. The van der Waals surface area contributed by atoms with Crippen molar-refractivity contribution in [3.63, 3.8) is 0 Å². The summed E-state index contributed by atoms with van der Waals surface area (Å²) in [5, 5.41) is 0.762. The first-order chi connectivity index (χ1) is 10.7.